The van der Waals surface area contributed by atoms with Gasteiger partial charge in [0.1, 0.15) is 0 Å². The molecular formula is C11H7BrN6O2. The lowest BCUT2D eigenvalue weighted by Crippen LogP contribution is -2.02. The number of carboxylic acid groups (broad SMARTS) is 1. The van der Waals surface area contributed by atoms with E-state index in [9.17, 15) is 4.79 Å². The number of benzene rings is 1. The molecule has 2 N–H and O–H groups in total. The normalized spacial score (nSPS) is 10.7. The third kappa shape index (κ3) is 2.30. The second-order valence-electron chi connectivity index (χ2n) is 3.87. The Morgan fingerprint density at radius 3 is 2.95 bits per heavy atom. The van der Waals surface area contributed by atoms with E-state index in [1.54, 1.807) is 24.3 Å². The zero-order valence-corrected chi connectivity index (χ0v) is 11.4. The molecule has 0 aliphatic carbocycles. The molecule has 0 amide bonds. The topological polar surface area (TPSA) is 105 Å². The first-order valence-electron chi connectivity index (χ1n) is 5.49. The van der Waals surface area contributed by atoms with E-state index in [4.69, 9.17) is 5.11 Å². The summed E-state index contributed by atoms with van der Waals surface area (Å²) in [6.07, 6.45) is 0. The number of aromatic nitrogens is 5. The van der Waals surface area contributed by atoms with E-state index < -0.39 is 5.97 Å². The van der Waals surface area contributed by atoms with Gasteiger partial charge in [0.25, 0.3) is 0 Å². The van der Waals surface area contributed by atoms with Gasteiger partial charge in [0, 0.05) is 10.2 Å². The summed E-state index contributed by atoms with van der Waals surface area (Å²) >= 11 is 3.19. The van der Waals surface area contributed by atoms with Gasteiger partial charge >= 0.3 is 5.97 Å². The average molecular weight is 335 g/mol. The quantitative estimate of drug-likeness (QED) is 0.751. The van der Waals surface area contributed by atoms with Crippen molar-refractivity contribution in [2.45, 2.75) is 0 Å². The summed E-state index contributed by atoms with van der Waals surface area (Å²) in [5, 5.41) is 27.1. The summed E-state index contributed by atoms with van der Waals surface area (Å²) < 4.78 is 1.79. The molecule has 0 spiro atoms. The summed E-state index contributed by atoms with van der Waals surface area (Å²) in [5.41, 5.74) is 1.29. The van der Waals surface area contributed by atoms with Gasteiger partial charge in [0.05, 0.1) is 5.56 Å². The standard InChI is InChI=1S/C11H7BrN6O2/c12-8-2-1-6(5-7(8)11(19)20)13-9-3-4-10-14-16-17-18(10)15-9/h1-5H,(H,13,15)(H,19,20). The Hall–Kier alpha value is -2.55. The van der Waals surface area contributed by atoms with E-state index in [2.05, 4.69) is 41.9 Å². The highest BCUT2D eigenvalue weighted by Crippen LogP contribution is 2.23. The van der Waals surface area contributed by atoms with E-state index in [0.717, 1.165) is 0 Å². The van der Waals surface area contributed by atoms with Crippen molar-refractivity contribution in [2.24, 2.45) is 0 Å². The lowest BCUT2D eigenvalue weighted by atomic mass is 10.2. The Kier molecular flexibility index (Phi) is 3.03. The number of anilines is 2. The van der Waals surface area contributed by atoms with E-state index in [1.165, 1.54) is 10.7 Å². The Labute approximate surface area is 120 Å². The molecule has 20 heavy (non-hydrogen) atoms. The molecule has 100 valence electrons. The molecule has 0 aliphatic heterocycles. The number of halogens is 1. The molecule has 0 saturated heterocycles. The highest BCUT2D eigenvalue weighted by atomic mass is 79.9. The van der Waals surface area contributed by atoms with Crippen LogP contribution in [0.5, 0.6) is 0 Å². The van der Waals surface area contributed by atoms with Gasteiger partial charge in [-0.3, -0.25) is 0 Å². The molecule has 3 rings (SSSR count). The zero-order chi connectivity index (χ0) is 14.1. The second kappa shape index (κ2) is 4.85. The van der Waals surface area contributed by atoms with Crippen LogP contribution >= 0.6 is 15.9 Å². The molecule has 0 bridgehead atoms. The molecule has 0 atom stereocenters. The lowest BCUT2D eigenvalue weighted by Gasteiger charge is -2.07. The number of nitrogens with zero attached hydrogens (tertiary/aromatic N) is 5. The third-order valence-corrected chi connectivity index (χ3v) is 3.23. The number of carboxylic acids is 1. The van der Waals surface area contributed by atoms with Crippen LogP contribution in [0.1, 0.15) is 10.4 Å². The van der Waals surface area contributed by atoms with Crippen LogP contribution in [0.25, 0.3) is 5.65 Å². The number of carbonyl (C=O) groups is 1. The average Bonchev–Trinajstić information content (AvgIpc) is 2.88. The molecular weight excluding hydrogens is 328 g/mol. The SMILES string of the molecule is O=C(O)c1cc(Nc2ccc3nnnn3n2)ccc1Br. The number of fused-ring (bicyclic) bond motifs is 1. The second-order valence-corrected chi connectivity index (χ2v) is 4.72. The van der Waals surface area contributed by atoms with Gasteiger partial charge < -0.3 is 10.4 Å². The predicted molar refractivity (Wildman–Crippen MR) is 73.0 cm³/mol. The lowest BCUT2D eigenvalue weighted by molar-refractivity contribution is 0.0696. The molecule has 0 radical (unpaired) electrons. The smallest absolute Gasteiger partial charge is 0.336 e. The molecule has 8 nitrogen and oxygen atoms in total. The zero-order valence-electron chi connectivity index (χ0n) is 9.86. The van der Waals surface area contributed by atoms with Crippen molar-refractivity contribution in [1.29, 1.82) is 0 Å². The molecule has 1 aromatic carbocycles. The first-order valence-corrected chi connectivity index (χ1v) is 6.28. The van der Waals surface area contributed by atoms with Gasteiger partial charge in [-0.05, 0) is 56.7 Å². The number of tetrazole rings is 1. The van der Waals surface area contributed by atoms with Gasteiger partial charge in [-0.15, -0.1) is 14.8 Å². The van der Waals surface area contributed by atoms with Gasteiger partial charge in [0.2, 0.25) is 0 Å². The van der Waals surface area contributed by atoms with Crippen molar-refractivity contribution < 1.29 is 9.90 Å². The minimum Gasteiger partial charge on any atom is -0.478 e. The summed E-state index contributed by atoms with van der Waals surface area (Å²) in [7, 11) is 0. The van der Waals surface area contributed by atoms with Crippen molar-refractivity contribution in [3.05, 3.63) is 40.4 Å². The minimum atomic E-state index is -1.01. The summed E-state index contributed by atoms with van der Waals surface area (Å²) in [6.45, 7) is 0. The van der Waals surface area contributed by atoms with Crippen LogP contribution in [0.3, 0.4) is 0 Å². The third-order valence-electron chi connectivity index (χ3n) is 2.54. The van der Waals surface area contributed by atoms with Crippen LogP contribution in [0, 0.1) is 0 Å². The summed E-state index contributed by atoms with van der Waals surface area (Å²) in [6, 6.07) is 8.31. The Bertz CT molecular complexity index is 802. The summed E-state index contributed by atoms with van der Waals surface area (Å²) in [4.78, 5) is 11.1. The van der Waals surface area contributed by atoms with Crippen LogP contribution in [0.4, 0.5) is 11.5 Å². The van der Waals surface area contributed by atoms with Crippen molar-refractivity contribution in [2.75, 3.05) is 5.32 Å². The van der Waals surface area contributed by atoms with Crippen LogP contribution in [0.15, 0.2) is 34.8 Å². The first-order chi connectivity index (χ1) is 9.63. The monoisotopic (exact) mass is 334 g/mol. The Morgan fingerprint density at radius 2 is 2.15 bits per heavy atom. The van der Waals surface area contributed by atoms with Crippen molar-refractivity contribution in [3.63, 3.8) is 0 Å². The fourth-order valence-electron chi connectivity index (χ4n) is 1.63. The highest BCUT2D eigenvalue weighted by Gasteiger charge is 2.09. The first kappa shape index (κ1) is 12.5. The summed E-state index contributed by atoms with van der Waals surface area (Å²) in [5.74, 6) is -0.507. The molecule has 0 unspecified atom stereocenters. The van der Waals surface area contributed by atoms with Crippen LogP contribution < -0.4 is 5.32 Å². The Morgan fingerprint density at radius 1 is 1.30 bits per heavy atom. The van der Waals surface area contributed by atoms with E-state index in [1.807, 2.05) is 0 Å². The van der Waals surface area contributed by atoms with Gasteiger partial charge in [0.15, 0.2) is 11.5 Å². The number of aromatic carboxylic acids is 1. The van der Waals surface area contributed by atoms with Crippen LogP contribution in [0.2, 0.25) is 0 Å². The van der Waals surface area contributed by atoms with Crippen LogP contribution in [-0.2, 0) is 0 Å². The van der Waals surface area contributed by atoms with Crippen molar-refractivity contribution >= 4 is 39.1 Å². The number of hydrogen-bond donors (Lipinski definition) is 2. The molecule has 0 saturated carbocycles. The maximum absolute atomic E-state index is 11.1. The van der Waals surface area contributed by atoms with E-state index in [-0.39, 0.29) is 5.56 Å². The van der Waals surface area contributed by atoms with E-state index >= 15 is 0 Å². The maximum Gasteiger partial charge on any atom is 0.336 e. The van der Waals surface area contributed by atoms with Gasteiger partial charge in [-0.25, -0.2) is 4.79 Å². The minimum absolute atomic E-state index is 0.165. The largest absolute Gasteiger partial charge is 0.478 e. The highest BCUT2D eigenvalue weighted by molar-refractivity contribution is 9.10. The number of nitrogens with one attached hydrogen (secondary N) is 1. The van der Waals surface area contributed by atoms with Gasteiger partial charge in [-0.2, -0.15) is 0 Å². The maximum atomic E-state index is 11.1. The number of hydrogen-bond acceptors (Lipinski definition) is 6. The molecule has 0 fully saturated rings. The molecule has 2 aromatic heterocycles. The molecule has 3 aromatic rings. The molecule has 2 heterocycles. The number of rotatable bonds is 3. The van der Waals surface area contributed by atoms with E-state index in [0.29, 0.717) is 21.6 Å². The fourth-order valence-corrected chi connectivity index (χ4v) is 2.05. The fraction of sp³-hybridized carbons (Fsp3) is 0. The van der Waals surface area contributed by atoms with Crippen LogP contribution in [-0.4, -0.2) is 36.3 Å². The Balaban J connectivity index is 1.94. The molecule has 9 heteroatoms. The van der Waals surface area contributed by atoms with Gasteiger partial charge in [-0.1, -0.05) is 0 Å². The van der Waals surface area contributed by atoms with Crippen molar-refractivity contribution in [1.82, 2.24) is 25.3 Å². The molecule has 0 aliphatic rings. The predicted octanol–water partition coefficient (Wildman–Crippen LogP) is 1.72. The van der Waals surface area contributed by atoms with Crippen molar-refractivity contribution in [3.8, 4) is 0 Å².